The minimum Gasteiger partial charge on any atom is -0.286 e. The van der Waals surface area contributed by atoms with E-state index >= 15 is 0 Å². The van der Waals surface area contributed by atoms with Crippen LogP contribution in [0.3, 0.4) is 0 Å². The van der Waals surface area contributed by atoms with Gasteiger partial charge < -0.3 is 0 Å². The molecule has 0 radical (unpaired) electrons. The van der Waals surface area contributed by atoms with Gasteiger partial charge in [0.05, 0.1) is 6.54 Å². The Morgan fingerprint density at radius 3 is 2.62 bits per heavy atom. The van der Waals surface area contributed by atoms with Crippen molar-refractivity contribution in [2.45, 2.75) is 12.7 Å². The molecule has 0 N–H and O–H groups in total. The molecule has 0 aliphatic carbocycles. The first kappa shape index (κ1) is 16.9. The monoisotopic (exact) mass is 360 g/mol. The summed E-state index contributed by atoms with van der Waals surface area (Å²) in [6.45, 7) is 3.42. The average Bonchev–Trinajstić information content (AvgIpc) is 3.15. The molecular weight excluding hydrogens is 340 g/mol. The largest absolute Gasteiger partial charge is 0.286 e. The van der Waals surface area contributed by atoms with E-state index in [4.69, 9.17) is 0 Å². The van der Waals surface area contributed by atoms with Crippen LogP contribution in [-0.4, -0.2) is 29.1 Å². The molecule has 1 aliphatic heterocycles. The lowest BCUT2D eigenvalue weighted by atomic mass is 10.1. The van der Waals surface area contributed by atoms with Crippen molar-refractivity contribution < 1.29 is 4.79 Å². The predicted molar refractivity (Wildman–Crippen MR) is 110 cm³/mol. The number of thioether (sulfide) groups is 1. The van der Waals surface area contributed by atoms with Crippen molar-refractivity contribution in [1.29, 1.82) is 0 Å². The van der Waals surface area contributed by atoms with E-state index in [9.17, 15) is 4.79 Å². The molecule has 1 amide bonds. The number of aliphatic imine (C=N–C) groups is 1. The molecule has 1 aliphatic rings. The zero-order chi connectivity index (χ0) is 17.9. The Bertz CT molecular complexity index is 979. The second-order valence-electron chi connectivity index (χ2n) is 6.46. The number of carbonyl (C=O) groups is 1. The Hall–Kier alpha value is -2.59. The second-order valence-corrected chi connectivity index (χ2v) is 7.40. The normalized spacial score (nSPS) is 13.9. The lowest BCUT2D eigenvalue weighted by Gasteiger charge is -2.18. The highest BCUT2D eigenvalue weighted by atomic mass is 32.2. The van der Waals surface area contributed by atoms with E-state index in [0.29, 0.717) is 18.7 Å². The Morgan fingerprint density at radius 1 is 1.04 bits per heavy atom. The number of carbonyl (C=O) groups excluding carboxylic acids is 1. The average molecular weight is 360 g/mol. The SMILES string of the molecule is Cc1ccc(CSC2=NCCN2C(=O)c2ccc3ccccc3c2)cc1. The molecule has 3 aromatic carbocycles. The fraction of sp³-hybridized carbons (Fsp3) is 0.182. The fourth-order valence-corrected chi connectivity index (χ4v) is 4.05. The second kappa shape index (κ2) is 7.34. The van der Waals surface area contributed by atoms with Gasteiger partial charge in [0.25, 0.3) is 5.91 Å². The van der Waals surface area contributed by atoms with E-state index < -0.39 is 0 Å². The first-order valence-corrected chi connectivity index (χ1v) is 9.73. The van der Waals surface area contributed by atoms with Gasteiger partial charge in [-0.25, -0.2) is 0 Å². The maximum absolute atomic E-state index is 13.0. The lowest BCUT2D eigenvalue weighted by Crippen LogP contribution is -2.32. The zero-order valence-corrected chi connectivity index (χ0v) is 15.5. The van der Waals surface area contributed by atoms with E-state index in [1.165, 1.54) is 11.1 Å². The summed E-state index contributed by atoms with van der Waals surface area (Å²) in [5, 5.41) is 3.06. The van der Waals surface area contributed by atoms with Gasteiger partial charge in [0.2, 0.25) is 0 Å². The Labute approximate surface area is 157 Å². The van der Waals surface area contributed by atoms with Gasteiger partial charge in [0.1, 0.15) is 0 Å². The maximum Gasteiger partial charge on any atom is 0.259 e. The van der Waals surface area contributed by atoms with Gasteiger partial charge in [-0.05, 0) is 35.4 Å². The van der Waals surface area contributed by atoms with Crippen molar-refractivity contribution in [2.75, 3.05) is 13.1 Å². The van der Waals surface area contributed by atoms with E-state index in [0.717, 1.165) is 21.7 Å². The van der Waals surface area contributed by atoms with Crippen molar-refractivity contribution in [3.63, 3.8) is 0 Å². The van der Waals surface area contributed by atoms with Crippen molar-refractivity contribution in [3.05, 3.63) is 83.4 Å². The molecule has 1 heterocycles. The summed E-state index contributed by atoms with van der Waals surface area (Å²) < 4.78 is 0. The van der Waals surface area contributed by atoms with Gasteiger partial charge in [-0.2, -0.15) is 0 Å². The topological polar surface area (TPSA) is 32.7 Å². The quantitative estimate of drug-likeness (QED) is 0.666. The molecule has 0 saturated heterocycles. The Kier molecular flexibility index (Phi) is 4.76. The summed E-state index contributed by atoms with van der Waals surface area (Å²) in [6, 6.07) is 22.5. The van der Waals surface area contributed by atoms with Crippen LogP contribution in [0.5, 0.6) is 0 Å². The van der Waals surface area contributed by atoms with Gasteiger partial charge in [0, 0.05) is 17.9 Å². The summed E-state index contributed by atoms with van der Waals surface area (Å²) in [6.07, 6.45) is 0. The number of amides is 1. The molecule has 0 aromatic heterocycles. The molecule has 26 heavy (non-hydrogen) atoms. The lowest BCUT2D eigenvalue weighted by molar-refractivity contribution is 0.0861. The summed E-state index contributed by atoms with van der Waals surface area (Å²) in [4.78, 5) is 19.3. The highest BCUT2D eigenvalue weighted by molar-refractivity contribution is 8.13. The fourth-order valence-electron chi connectivity index (χ4n) is 3.05. The summed E-state index contributed by atoms with van der Waals surface area (Å²) in [5.74, 6) is 0.851. The van der Waals surface area contributed by atoms with Crippen LogP contribution in [0.15, 0.2) is 71.7 Å². The van der Waals surface area contributed by atoms with Crippen LogP contribution in [0.4, 0.5) is 0 Å². The number of hydrogen-bond donors (Lipinski definition) is 0. The van der Waals surface area contributed by atoms with Gasteiger partial charge in [-0.15, -0.1) is 0 Å². The van der Waals surface area contributed by atoms with Gasteiger partial charge >= 0.3 is 0 Å². The minimum atomic E-state index is 0.0309. The van der Waals surface area contributed by atoms with Crippen LogP contribution in [0.2, 0.25) is 0 Å². The van der Waals surface area contributed by atoms with Gasteiger partial charge in [-0.3, -0.25) is 14.7 Å². The Morgan fingerprint density at radius 2 is 1.81 bits per heavy atom. The van der Waals surface area contributed by atoms with E-state index in [-0.39, 0.29) is 5.91 Å². The number of amidine groups is 1. The molecule has 3 nitrogen and oxygen atoms in total. The molecule has 3 aromatic rings. The van der Waals surface area contributed by atoms with E-state index in [2.05, 4.69) is 42.2 Å². The predicted octanol–water partition coefficient (Wildman–Crippen LogP) is 4.89. The molecular formula is C22H20N2OS. The third-order valence-electron chi connectivity index (χ3n) is 4.53. The van der Waals surface area contributed by atoms with Crippen LogP contribution in [0.1, 0.15) is 21.5 Å². The number of aryl methyl sites for hydroxylation is 1. The van der Waals surface area contributed by atoms with Crippen molar-refractivity contribution >= 4 is 33.6 Å². The maximum atomic E-state index is 13.0. The van der Waals surface area contributed by atoms with Crippen LogP contribution < -0.4 is 0 Å². The van der Waals surface area contributed by atoms with Crippen molar-refractivity contribution in [3.8, 4) is 0 Å². The van der Waals surface area contributed by atoms with Crippen LogP contribution in [-0.2, 0) is 5.75 Å². The number of fused-ring (bicyclic) bond motifs is 1. The molecule has 0 spiro atoms. The highest BCUT2D eigenvalue weighted by Crippen LogP contribution is 2.23. The molecule has 4 heteroatoms. The highest BCUT2D eigenvalue weighted by Gasteiger charge is 2.25. The third kappa shape index (κ3) is 3.51. The minimum absolute atomic E-state index is 0.0309. The number of hydrogen-bond acceptors (Lipinski definition) is 3. The standard InChI is InChI=1S/C22H20N2OS/c1-16-6-8-17(9-7-16)15-26-22-23-12-13-24(22)21(25)20-11-10-18-4-2-3-5-19(18)14-20/h2-11,14H,12-13,15H2,1H3. The number of rotatable bonds is 3. The molecule has 0 fully saturated rings. The Balaban J connectivity index is 1.49. The van der Waals surface area contributed by atoms with Gasteiger partial charge in [-0.1, -0.05) is 71.9 Å². The van der Waals surface area contributed by atoms with Crippen LogP contribution >= 0.6 is 11.8 Å². The summed E-state index contributed by atoms with van der Waals surface area (Å²) in [7, 11) is 0. The molecule has 130 valence electrons. The van der Waals surface area contributed by atoms with E-state index in [1.54, 1.807) is 11.8 Å². The zero-order valence-electron chi connectivity index (χ0n) is 14.7. The molecule has 0 saturated carbocycles. The van der Waals surface area contributed by atoms with E-state index in [1.807, 2.05) is 41.3 Å². The molecule has 4 rings (SSSR count). The number of nitrogens with zero attached hydrogens (tertiary/aromatic N) is 2. The van der Waals surface area contributed by atoms with Gasteiger partial charge in [0.15, 0.2) is 5.17 Å². The number of benzene rings is 3. The molecule has 0 atom stereocenters. The first-order valence-electron chi connectivity index (χ1n) is 8.74. The van der Waals surface area contributed by atoms with Crippen LogP contribution in [0, 0.1) is 6.92 Å². The smallest absolute Gasteiger partial charge is 0.259 e. The molecule has 0 unspecified atom stereocenters. The van der Waals surface area contributed by atoms with Crippen molar-refractivity contribution in [2.24, 2.45) is 4.99 Å². The first-order chi connectivity index (χ1) is 12.7. The summed E-state index contributed by atoms with van der Waals surface area (Å²) in [5.41, 5.74) is 3.22. The summed E-state index contributed by atoms with van der Waals surface area (Å²) >= 11 is 1.63. The van der Waals surface area contributed by atoms with Crippen LogP contribution in [0.25, 0.3) is 10.8 Å². The van der Waals surface area contributed by atoms with Crippen molar-refractivity contribution in [1.82, 2.24) is 4.90 Å². The molecule has 0 bridgehead atoms. The third-order valence-corrected chi connectivity index (χ3v) is 5.62.